The van der Waals surface area contributed by atoms with E-state index in [4.69, 9.17) is 0 Å². The first-order chi connectivity index (χ1) is 39.2. The molecule has 366 valence electrons. The monoisotopic (exact) mass is 1070 g/mol. The molecular formula is C76H46N2Se. The Kier molecular flexibility index (Phi) is 9.76. The Balaban J connectivity index is 0.895. The average molecular weight is 1070 g/mol. The van der Waals surface area contributed by atoms with E-state index in [-0.39, 0.29) is 14.5 Å². The van der Waals surface area contributed by atoms with E-state index in [9.17, 15) is 0 Å². The summed E-state index contributed by atoms with van der Waals surface area (Å²) in [4.78, 5) is 0. The largest absolute Gasteiger partial charge is 0.0617 e. The number of hydrogen-bond donors (Lipinski definition) is 0. The quantitative estimate of drug-likeness (QED) is 0.116. The smallest absolute Gasteiger partial charge is 0.0544 e. The zero-order chi connectivity index (χ0) is 51.7. The molecule has 17 rings (SSSR count). The van der Waals surface area contributed by atoms with Crippen LogP contribution >= 0.6 is 0 Å². The number of nitrogens with zero attached hydrogens (tertiary/aromatic N) is 2. The first kappa shape index (κ1) is 44.4. The van der Waals surface area contributed by atoms with Gasteiger partial charge in [-0.3, -0.25) is 0 Å². The fourth-order valence-corrected chi connectivity index (χ4v) is 15.9. The van der Waals surface area contributed by atoms with Gasteiger partial charge in [-0.25, -0.2) is 0 Å². The maximum Gasteiger partial charge on any atom is -0.0544 e. The summed E-state index contributed by atoms with van der Waals surface area (Å²) in [6.07, 6.45) is 0. The fraction of sp³-hybridized carbons (Fsp3) is 0. The molecule has 0 atom stereocenters. The molecule has 0 fully saturated rings. The van der Waals surface area contributed by atoms with Crippen molar-refractivity contribution in [3.63, 3.8) is 0 Å². The Hall–Kier alpha value is -9.76. The zero-order valence-electron chi connectivity index (χ0n) is 42.9. The summed E-state index contributed by atoms with van der Waals surface area (Å²) >= 11 is 0.136. The van der Waals surface area contributed by atoms with Crippen molar-refractivity contribution in [3.8, 4) is 55.9 Å². The number of fused-ring (bicyclic) bond motifs is 13. The maximum absolute atomic E-state index is 2.54. The summed E-state index contributed by atoms with van der Waals surface area (Å²) in [6, 6.07) is 104. The van der Waals surface area contributed by atoms with E-state index in [0.29, 0.717) is 0 Å². The van der Waals surface area contributed by atoms with E-state index in [1.54, 1.807) is 0 Å². The first-order valence-corrected chi connectivity index (χ1v) is 29.0. The zero-order valence-corrected chi connectivity index (χ0v) is 44.6. The van der Waals surface area contributed by atoms with Crippen LogP contribution in [0.5, 0.6) is 0 Å². The van der Waals surface area contributed by atoms with Crippen molar-refractivity contribution in [2.45, 2.75) is 0 Å². The number of para-hydroxylation sites is 2. The number of hydrogen-bond acceptors (Lipinski definition) is 0. The van der Waals surface area contributed by atoms with Crippen LogP contribution in [0.4, 0.5) is 0 Å². The molecule has 0 N–H and O–H groups in total. The molecule has 79 heavy (non-hydrogen) atoms. The minimum atomic E-state index is 0.136. The van der Waals surface area contributed by atoms with E-state index in [2.05, 4.69) is 288 Å². The molecule has 0 aliphatic carbocycles. The molecule has 0 aliphatic heterocycles. The van der Waals surface area contributed by atoms with Crippen LogP contribution in [0.2, 0.25) is 0 Å². The molecule has 0 amide bonds. The van der Waals surface area contributed by atoms with Gasteiger partial charge in [0.15, 0.2) is 0 Å². The van der Waals surface area contributed by atoms with E-state index in [1.807, 2.05) is 0 Å². The third-order valence-electron chi connectivity index (χ3n) is 16.9. The summed E-state index contributed by atoms with van der Waals surface area (Å²) < 4.78 is 7.92. The van der Waals surface area contributed by atoms with Crippen molar-refractivity contribution >= 4 is 120 Å². The van der Waals surface area contributed by atoms with E-state index in [0.717, 1.165) is 0 Å². The van der Waals surface area contributed by atoms with Gasteiger partial charge in [0.25, 0.3) is 0 Å². The molecule has 0 unspecified atom stereocenters. The van der Waals surface area contributed by atoms with Crippen molar-refractivity contribution in [3.05, 3.63) is 279 Å². The number of benzene rings is 14. The molecule has 3 heterocycles. The molecule has 0 bridgehead atoms. The second-order valence-electron chi connectivity index (χ2n) is 21.0. The van der Waals surface area contributed by atoms with Gasteiger partial charge in [0.2, 0.25) is 0 Å². The summed E-state index contributed by atoms with van der Waals surface area (Å²) in [5.74, 6) is 0. The Bertz CT molecular complexity index is 5250. The normalized spacial score (nSPS) is 12.1. The Labute approximate surface area is 461 Å². The van der Waals surface area contributed by atoms with Gasteiger partial charge in [-0.1, -0.05) is 66.7 Å². The molecule has 0 spiro atoms. The summed E-state index contributed by atoms with van der Waals surface area (Å²) in [5, 5.41) is 17.6. The van der Waals surface area contributed by atoms with Crippen LogP contribution in [0.3, 0.4) is 0 Å². The minimum absolute atomic E-state index is 0.136. The molecule has 3 heteroatoms. The molecule has 14 aromatic carbocycles. The maximum atomic E-state index is 2.54. The Morgan fingerprint density at radius 3 is 1.08 bits per heavy atom. The van der Waals surface area contributed by atoms with Crippen molar-refractivity contribution in [2.24, 2.45) is 0 Å². The van der Waals surface area contributed by atoms with Crippen LogP contribution in [0.15, 0.2) is 279 Å². The van der Waals surface area contributed by atoms with Gasteiger partial charge >= 0.3 is 381 Å². The van der Waals surface area contributed by atoms with E-state index >= 15 is 0 Å². The number of rotatable bonds is 6. The average Bonchev–Trinajstić information content (AvgIpc) is 4.27. The van der Waals surface area contributed by atoms with Crippen molar-refractivity contribution in [1.29, 1.82) is 0 Å². The summed E-state index contributed by atoms with van der Waals surface area (Å²) in [7, 11) is 0. The predicted molar refractivity (Wildman–Crippen MR) is 339 cm³/mol. The van der Waals surface area contributed by atoms with Crippen LogP contribution in [0, 0.1) is 0 Å². The molecular weight excluding hydrogens is 1020 g/mol. The van der Waals surface area contributed by atoms with Crippen molar-refractivity contribution in [1.82, 2.24) is 9.13 Å². The minimum Gasteiger partial charge on any atom is -0.0617 e. The molecule has 0 aliphatic rings. The van der Waals surface area contributed by atoms with Gasteiger partial charge in [0, 0.05) is 0 Å². The molecule has 0 saturated heterocycles. The second-order valence-corrected chi connectivity index (χ2v) is 23.3. The summed E-state index contributed by atoms with van der Waals surface area (Å²) in [6.45, 7) is 0. The third-order valence-corrected chi connectivity index (χ3v) is 19.2. The topological polar surface area (TPSA) is 9.86 Å². The van der Waals surface area contributed by atoms with Gasteiger partial charge in [0.1, 0.15) is 0 Å². The van der Waals surface area contributed by atoms with Crippen LogP contribution in [-0.2, 0) is 0 Å². The Morgan fingerprint density at radius 1 is 0.215 bits per heavy atom. The van der Waals surface area contributed by atoms with Crippen LogP contribution < -0.4 is 0 Å². The van der Waals surface area contributed by atoms with Gasteiger partial charge in [-0.2, -0.15) is 0 Å². The molecule has 17 aromatic rings. The number of aromatic nitrogens is 2. The van der Waals surface area contributed by atoms with Crippen LogP contribution in [0.25, 0.3) is 162 Å². The molecule has 0 radical (unpaired) electrons. The van der Waals surface area contributed by atoms with Gasteiger partial charge in [-0.05, 0) is 16.7 Å². The fourth-order valence-electron chi connectivity index (χ4n) is 13.5. The predicted octanol–water partition coefficient (Wildman–Crippen LogP) is 20.5. The van der Waals surface area contributed by atoms with E-state index < -0.39 is 0 Å². The van der Waals surface area contributed by atoms with Crippen molar-refractivity contribution < 1.29 is 0 Å². The van der Waals surface area contributed by atoms with E-state index in [1.165, 1.54) is 162 Å². The first-order valence-electron chi connectivity index (χ1n) is 27.2. The summed E-state index contributed by atoms with van der Waals surface area (Å²) in [5.41, 5.74) is 17.2. The molecule has 3 aromatic heterocycles. The second kappa shape index (κ2) is 17.4. The van der Waals surface area contributed by atoms with Crippen LogP contribution in [-0.4, -0.2) is 23.6 Å². The molecule has 2 nitrogen and oxygen atoms in total. The van der Waals surface area contributed by atoms with Gasteiger partial charge in [0.05, 0.1) is 0 Å². The van der Waals surface area contributed by atoms with Crippen LogP contribution in [0.1, 0.15) is 0 Å². The molecule has 0 saturated carbocycles. The van der Waals surface area contributed by atoms with Crippen molar-refractivity contribution in [2.75, 3.05) is 0 Å². The third kappa shape index (κ3) is 6.58. The Morgan fingerprint density at radius 2 is 0.595 bits per heavy atom. The van der Waals surface area contributed by atoms with Gasteiger partial charge < -0.3 is 0 Å². The van der Waals surface area contributed by atoms with Gasteiger partial charge in [-0.15, -0.1) is 0 Å². The standard InChI is InChI=1S/C76H46N2Se/c1-3-20-47(21-4-1)49-38-41-68-63(44-49)52-24-15-17-35-66(52)77(68)75-58-30-11-7-26-54(58)72(55-27-8-12-31-59(55)75)51-40-43-70-65(46-51)74-62(34-19-37-71(74)79-70)73-56-28-9-13-32-60(56)76(61-33-14-10-29-57(61)73)78-67-36-18-16-25-53(67)64-45-50(39-42-69(64)78)48-22-5-2-6-23-48/h1-46H. The SMILES string of the molecule is c1ccc(-c2ccc3c(c2)c2ccccc2n3-c2c3ccccc3c(-c3ccc4[se]c5cccc(-c6c7ccccc7c(-n7c8ccccc8c8cc(-c9ccccc9)ccc87)c7ccccc67)c5c4c3)c3ccccc23)cc1.